The summed E-state index contributed by atoms with van der Waals surface area (Å²) in [5.74, 6) is -0.338. The topological polar surface area (TPSA) is 95.9 Å². The molecule has 0 unspecified atom stereocenters. The Balaban J connectivity index is 1.52. The number of amides is 1. The highest BCUT2D eigenvalue weighted by Gasteiger charge is 2.44. The maximum absolute atomic E-state index is 13.0. The van der Waals surface area contributed by atoms with Crippen molar-refractivity contribution in [1.29, 1.82) is 0 Å². The first-order valence-corrected chi connectivity index (χ1v) is 11.2. The van der Waals surface area contributed by atoms with E-state index in [2.05, 4.69) is 10.3 Å². The van der Waals surface area contributed by atoms with Crippen molar-refractivity contribution in [3.05, 3.63) is 65.2 Å². The molecular formula is C22H23N3O4S. The Kier molecular flexibility index (Phi) is 5.07. The first-order chi connectivity index (χ1) is 14.2. The lowest BCUT2D eigenvalue weighted by molar-refractivity contribution is -0.115. The van der Waals surface area contributed by atoms with Crippen LogP contribution in [-0.4, -0.2) is 48.9 Å². The molecule has 1 spiro atoms. The van der Waals surface area contributed by atoms with Gasteiger partial charge < -0.3 is 5.32 Å². The Bertz CT molecular complexity index is 1150. The zero-order valence-corrected chi connectivity index (χ0v) is 17.7. The summed E-state index contributed by atoms with van der Waals surface area (Å²) in [5.41, 5.74) is 1.92. The van der Waals surface area contributed by atoms with Gasteiger partial charge in [0.1, 0.15) is 11.4 Å². The number of Topliss-reactive ketones (excluding diaryl/α,β-unsaturated/α-hetero) is 1. The van der Waals surface area contributed by atoms with Gasteiger partial charge in [-0.3, -0.25) is 14.6 Å². The monoisotopic (exact) mass is 425 g/mol. The summed E-state index contributed by atoms with van der Waals surface area (Å²) < 4.78 is 27.4. The van der Waals surface area contributed by atoms with E-state index in [0.29, 0.717) is 24.1 Å². The number of nitrogens with zero attached hydrogens (tertiary/aromatic N) is 2. The molecule has 0 aliphatic carbocycles. The average molecular weight is 426 g/mol. The van der Waals surface area contributed by atoms with Crippen LogP contribution in [0.15, 0.2) is 58.4 Å². The van der Waals surface area contributed by atoms with E-state index in [1.807, 2.05) is 31.2 Å². The minimum absolute atomic E-state index is 0.113. The molecule has 2 aromatic rings. The molecule has 0 radical (unpaired) electrons. The van der Waals surface area contributed by atoms with E-state index >= 15 is 0 Å². The van der Waals surface area contributed by atoms with Crippen molar-refractivity contribution in [2.75, 3.05) is 13.1 Å². The van der Waals surface area contributed by atoms with E-state index in [1.165, 1.54) is 35.5 Å². The van der Waals surface area contributed by atoms with Crippen LogP contribution in [0.4, 0.5) is 0 Å². The summed E-state index contributed by atoms with van der Waals surface area (Å²) in [5, 5.41) is 2.97. The minimum atomic E-state index is -3.67. The Morgan fingerprint density at radius 2 is 1.77 bits per heavy atom. The van der Waals surface area contributed by atoms with E-state index in [1.54, 1.807) is 0 Å². The molecule has 0 aromatic heterocycles. The number of carbonyl (C=O) groups is 2. The van der Waals surface area contributed by atoms with Gasteiger partial charge >= 0.3 is 0 Å². The molecule has 2 aromatic carbocycles. The zero-order valence-electron chi connectivity index (χ0n) is 16.9. The molecule has 8 heteroatoms. The molecule has 1 amide bonds. The predicted molar refractivity (Wildman–Crippen MR) is 113 cm³/mol. The van der Waals surface area contributed by atoms with Crippen LogP contribution >= 0.6 is 0 Å². The predicted octanol–water partition coefficient (Wildman–Crippen LogP) is 2.30. The number of ketones is 1. The number of sulfonamides is 1. The molecule has 2 aliphatic rings. The highest BCUT2D eigenvalue weighted by atomic mass is 32.2. The zero-order chi connectivity index (χ0) is 21.5. The maximum atomic E-state index is 13.0. The number of aryl methyl sites for hydroxylation is 1. The Morgan fingerprint density at radius 3 is 2.37 bits per heavy atom. The lowest BCUT2D eigenvalue weighted by Gasteiger charge is -2.36. The van der Waals surface area contributed by atoms with Gasteiger partial charge in [0, 0.05) is 37.1 Å². The van der Waals surface area contributed by atoms with Crippen LogP contribution in [0.3, 0.4) is 0 Å². The largest absolute Gasteiger partial charge is 0.326 e. The number of carbonyl (C=O) groups excluding carboxylic acids is 2. The number of benzene rings is 2. The van der Waals surface area contributed by atoms with Gasteiger partial charge in [-0.1, -0.05) is 35.9 Å². The van der Waals surface area contributed by atoms with Gasteiger partial charge in [0.25, 0.3) is 5.91 Å². The molecule has 7 nitrogen and oxygen atoms in total. The van der Waals surface area contributed by atoms with Gasteiger partial charge in [-0.2, -0.15) is 4.31 Å². The maximum Gasteiger partial charge on any atom is 0.272 e. The van der Waals surface area contributed by atoms with E-state index in [9.17, 15) is 18.0 Å². The number of aliphatic imine (C=N–C) groups is 1. The molecule has 2 heterocycles. The first-order valence-electron chi connectivity index (χ1n) is 9.81. The van der Waals surface area contributed by atoms with Gasteiger partial charge in [0.05, 0.1) is 4.90 Å². The summed E-state index contributed by atoms with van der Waals surface area (Å²) in [6, 6.07) is 13.6. The van der Waals surface area contributed by atoms with Crippen LogP contribution in [0.2, 0.25) is 0 Å². The van der Waals surface area contributed by atoms with Gasteiger partial charge in [-0.05, 0) is 32.0 Å². The van der Waals surface area contributed by atoms with Crippen molar-refractivity contribution < 1.29 is 18.0 Å². The molecule has 0 saturated carbocycles. The molecule has 4 rings (SSSR count). The standard InChI is InChI=1S/C22H23N3O4S/c1-15-4-3-5-18(14-15)20-21(27)24-22(23-20)10-12-25(13-11-22)30(28,29)19-8-6-17(7-9-19)16(2)26/h3-9,14H,10-13H2,1-2H3,(H,24,27). The Morgan fingerprint density at radius 1 is 1.10 bits per heavy atom. The van der Waals surface area contributed by atoms with Crippen molar-refractivity contribution in [3.8, 4) is 0 Å². The molecule has 2 aliphatic heterocycles. The lowest BCUT2D eigenvalue weighted by atomic mass is 10.00. The summed E-state index contributed by atoms with van der Waals surface area (Å²) in [6.07, 6.45) is 0.803. The van der Waals surface area contributed by atoms with Gasteiger partial charge in [-0.25, -0.2) is 8.42 Å². The molecule has 156 valence electrons. The number of hydrogen-bond acceptors (Lipinski definition) is 5. The second kappa shape index (κ2) is 7.45. The molecule has 1 saturated heterocycles. The van der Waals surface area contributed by atoms with E-state index in [0.717, 1.165) is 11.1 Å². The van der Waals surface area contributed by atoms with Crippen LogP contribution in [0.25, 0.3) is 0 Å². The summed E-state index contributed by atoms with van der Waals surface area (Å²) in [7, 11) is -3.67. The lowest BCUT2D eigenvalue weighted by Crippen LogP contribution is -2.52. The number of nitrogens with one attached hydrogen (secondary N) is 1. The van der Waals surface area contributed by atoms with Crippen molar-refractivity contribution in [1.82, 2.24) is 9.62 Å². The fraction of sp³-hybridized carbons (Fsp3) is 0.318. The number of piperidine rings is 1. The minimum Gasteiger partial charge on any atom is -0.326 e. The number of rotatable bonds is 4. The first kappa shape index (κ1) is 20.4. The quantitative estimate of drug-likeness (QED) is 0.761. The van der Waals surface area contributed by atoms with E-state index < -0.39 is 15.7 Å². The van der Waals surface area contributed by atoms with Gasteiger partial charge in [0.2, 0.25) is 10.0 Å². The van der Waals surface area contributed by atoms with Crippen LogP contribution in [0.5, 0.6) is 0 Å². The smallest absolute Gasteiger partial charge is 0.272 e. The SMILES string of the molecule is CC(=O)c1ccc(S(=O)(=O)N2CCC3(CC2)N=C(c2cccc(C)c2)C(=O)N3)cc1. The van der Waals surface area contributed by atoms with Gasteiger partial charge in [0.15, 0.2) is 5.78 Å². The van der Waals surface area contributed by atoms with Crippen LogP contribution in [0.1, 0.15) is 41.3 Å². The third-order valence-electron chi connectivity index (χ3n) is 5.63. The normalized spacial score (nSPS) is 18.9. The highest BCUT2D eigenvalue weighted by molar-refractivity contribution is 7.89. The highest BCUT2D eigenvalue weighted by Crippen LogP contribution is 2.31. The fourth-order valence-corrected chi connectivity index (χ4v) is 5.34. The summed E-state index contributed by atoms with van der Waals surface area (Å²) in [4.78, 5) is 28.8. The summed E-state index contributed by atoms with van der Waals surface area (Å²) >= 11 is 0. The van der Waals surface area contributed by atoms with Crippen molar-refractivity contribution in [3.63, 3.8) is 0 Å². The Hall–Kier alpha value is -2.84. The van der Waals surface area contributed by atoms with E-state index in [-0.39, 0.29) is 29.7 Å². The second-order valence-electron chi connectivity index (χ2n) is 7.80. The molecular weight excluding hydrogens is 402 g/mol. The Labute approximate surface area is 175 Å². The van der Waals surface area contributed by atoms with Crippen molar-refractivity contribution in [2.45, 2.75) is 37.2 Å². The van der Waals surface area contributed by atoms with Gasteiger partial charge in [-0.15, -0.1) is 0 Å². The third kappa shape index (κ3) is 3.68. The fourth-order valence-electron chi connectivity index (χ4n) is 3.90. The van der Waals surface area contributed by atoms with Crippen LogP contribution < -0.4 is 5.32 Å². The second-order valence-corrected chi connectivity index (χ2v) is 9.74. The molecule has 0 bridgehead atoms. The molecule has 0 atom stereocenters. The third-order valence-corrected chi connectivity index (χ3v) is 7.54. The average Bonchev–Trinajstić information content (AvgIpc) is 3.04. The van der Waals surface area contributed by atoms with E-state index in [4.69, 9.17) is 0 Å². The molecule has 30 heavy (non-hydrogen) atoms. The van der Waals surface area contributed by atoms with Crippen molar-refractivity contribution >= 4 is 27.4 Å². The molecule has 1 N–H and O–H groups in total. The molecule has 1 fully saturated rings. The van der Waals surface area contributed by atoms with Crippen LogP contribution in [-0.2, 0) is 14.8 Å². The van der Waals surface area contributed by atoms with Crippen molar-refractivity contribution in [2.24, 2.45) is 4.99 Å². The van der Waals surface area contributed by atoms with Crippen LogP contribution in [0, 0.1) is 6.92 Å². The summed E-state index contributed by atoms with van der Waals surface area (Å²) in [6.45, 7) is 3.90. The number of hydrogen-bond donors (Lipinski definition) is 1.